The number of hydrogen-bond acceptors (Lipinski definition) is 2. The maximum atomic E-state index is 4.21. The lowest BCUT2D eigenvalue weighted by molar-refractivity contribution is 0.500. The van der Waals surface area contributed by atoms with Crippen LogP contribution < -0.4 is 0 Å². The van der Waals surface area contributed by atoms with Gasteiger partial charge in [0.1, 0.15) is 0 Å². The summed E-state index contributed by atoms with van der Waals surface area (Å²) in [7, 11) is 0. The zero-order valence-electron chi connectivity index (χ0n) is 16.4. The van der Waals surface area contributed by atoms with Crippen molar-refractivity contribution in [1.82, 2.24) is 19.1 Å². The van der Waals surface area contributed by atoms with Crippen LogP contribution in [0.4, 0.5) is 0 Å². The first-order chi connectivity index (χ1) is 12.7. The summed E-state index contributed by atoms with van der Waals surface area (Å²) in [6.45, 7) is 7.54. The molecule has 4 nitrogen and oxygen atoms in total. The first-order valence-electron chi connectivity index (χ1n) is 9.58. The summed E-state index contributed by atoms with van der Waals surface area (Å²) in [4.78, 5) is 8.28. The van der Waals surface area contributed by atoms with Crippen LogP contribution >= 0.6 is 0 Å². The van der Waals surface area contributed by atoms with E-state index in [-0.39, 0.29) is 0 Å². The van der Waals surface area contributed by atoms with Crippen LogP contribution in [0.3, 0.4) is 0 Å². The van der Waals surface area contributed by atoms with E-state index in [2.05, 4.69) is 70.4 Å². The van der Waals surface area contributed by atoms with Gasteiger partial charge in [0.15, 0.2) is 0 Å². The molecule has 0 aliphatic carbocycles. The topological polar surface area (TPSA) is 35.6 Å². The zero-order chi connectivity index (χ0) is 18.6. The molecule has 0 aliphatic heterocycles. The van der Waals surface area contributed by atoms with Crippen molar-refractivity contribution < 1.29 is 0 Å². The molecule has 0 fully saturated rings. The Morgan fingerprint density at radius 3 is 2.50 bits per heavy atom. The Bertz CT molecular complexity index is 691. The number of imidazole rings is 2. The zero-order valence-corrected chi connectivity index (χ0v) is 16.4. The normalized spacial score (nSPS) is 14.3. The SMILES string of the molecule is CC/C=C/CC(C/C(C)=C/CC/C(C)=C\Cn1ccnc1)n1ccnc1. The van der Waals surface area contributed by atoms with Gasteiger partial charge in [0, 0.05) is 37.4 Å². The third-order valence-electron chi connectivity index (χ3n) is 4.56. The lowest BCUT2D eigenvalue weighted by Crippen LogP contribution is -2.06. The molecule has 0 aromatic carbocycles. The second-order valence-electron chi connectivity index (χ2n) is 6.88. The van der Waals surface area contributed by atoms with Gasteiger partial charge in [0.25, 0.3) is 0 Å². The average molecular weight is 353 g/mol. The molecule has 0 amide bonds. The largest absolute Gasteiger partial charge is 0.334 e. The Labute approximate surface area is 158 Å². The van der Waals surface area contributed by atoms with Crippen molar-refractivity contribution in [2.45, 2.75) is 65.5 Å². The molecule has 0 bridgehead atoms. The van der Waals surface area contributed by atoms with E-state index in [1.54, 1.807) is 0 Å². The van der Waals surface area contributed by atoms with Gasteiger partial charge < -0.3 is 9.13 Å². The van der Waals surface area contributed by atoms with Crippen LogP contribution in [-0.4, -0.2) is 19.1 Å². The minimum absolute atomic E-state index is 0.453. The summed E-state index contributed by atoms with van der Waals surface area (Å²) < 4.78 is 4.32. The van der Waals surface area contributed by atoms with Gasteiger partial charge in [-0.3, -0.25) is 0 Å². The number of rotatable bonds is 11. The molecule has 2 aromatic heterocycles. The van der Waals surface area contributed by atoms with E-state index in [1.807, 2.05) is 31.2 Å². The van der Waals surface area contributed by atoms with Crippen LogP contribution in [0.15, 0.2) is 72.9 Å². The van der Waals surface area contributed by atoms with E-state index in [9.17, 15) is 0 Å². The molecule has 0 radical (unpaired) electrons. The second-order valence-corrected chi connectivity index (χ2v) is 6.88. The molecule has 2 heterocycles. The van der Waals surface area contributed by atoms with Crippen molar-refractivity contribution in [2.24, 2.45) is 0 Å². The van der Waals surface area contributed by atoms with Crippen LogP contribution in [0.25, 0.3) is 0 Å². The summed E-state index contributed by atoms with van der Waals surface area (Å²) in [5.74, 6) is 0. The standard InChI is InChI=1S/C22H32N4/c1-4-5-6-10-22(26-16-13-24-19-26)17-21(3)9-7-8-20(2)11-14-25-15-12-23-18-25/h5-6,9,11-13,15-16,18-19,22H,4,7-8,10,14,17H2,1-3H3/b6-5+,20-11-,21-9+. The monoisotopic (exact) mass is 352 g/mol. The van der Waals surface area contributed by atoms with Crippen molar-refractivity contribution in [3.05, 3.63) is 72.9 Å². The minimum atomic E-state index is 0.453. The van der Waals surface area contributed by atoms with E-state index in [0.717, 1.165) is 38.6 Å². The quantitative estimate of drug-likeness (QED) is 0.483. The number of nitrogens with zero attached hydrogens (tertiary/aromatic N) is 4. The highest BCUT2D eigenvalue weighted by atomic mass is 15.0. The number of hydrogen-bond donors (Lipinski definition) is 0. The molecule has 0 aliphatic rings. The predicted molar refractivity (Wildman–Crippen MR) is 109 cm³/mol. The molecule has 2 aromatic rings. The van der Waals surface area contributed by atoms with Crippen LogP contribution in [0.2, 0.25) is 0 Å². The van der Waals surface area contributed by atoms with Crippen molar-refractivity contribution >= 4 is 0 Å². The molecule has 0 N–H and O–H groups in total. The molecule has 2 rings (SSSR count). The summed E-state index contributed by atoms with van der Waals surface area (Å²) in [6.07, 6.45) is 26.2. The summed E-state index contributed by atoms with van der Waals surface area (Å²) in [6, 6.07) is 0.453. The second kappa shape index (κ2) is 11.3. The highest BCUT2D eigenvalue weighted by Gasteiger charge is 2.09. The molecule has 0 saturated carbocycles. The maximum absolute atomic E-state index is 4.21. The molecule has 4 heteroatoms. The number of aromatic nitrogens is 4. The number of allylic oxidation sites excluding steroid dienone is 6. The summed E-state index contributed by atoms with van der Waals surface area (Å²) >= 11 is 0. The fourth-order valence-electron chi connectivity index (χ4n) is 2.98. The van der Waals surface area contributed by atoms with Gasteiger partial charge in [-0.15, -0.1) is 0 Å². The Morgan fingerprint density at radius 1 is 1.00 bits per heavy atom. The Morgan fingerprint density at radius 2 is 1.81 bits per heavy atom. The molecule has 0 spiro atoms. The molecule has 0 saturated heterocycles. The van der Waals surface area contributed by atoms with Crippen LogP contribution in [0.1, 0.15) is 58.9 Å². The van der Waals surface area contributed by atoms with E-state index < -0.39 is 0 Å². The maximum Gasteiger partial charge on any atom is 0.0948 e. The highest BCUT2D eigenvalue weighted by Crippen LogP contribution is 2.22. The van der Waals surface area contributed by atoms with Crippen LogP contribution in [-0.2, 0) is 6.54 Å². The Hall–Kier alpha value is -2.36. The van der Waals surface area contributed by atoms with Gasteiger partial charge in [-0.05, 0) is 46.0 Å². The van der Waals surface area contributed by atoms with Gasteiger partial charge >= 0.3 is 0 Å². The third kappa shape index (κ3) is 7.26. The van der Waals surface area contributed by atoms with Gasteiger partial charge in [-0.2, -0.15) is 0 Å². The highest BCUT2D eigenvalue weighted by molar-refractivity contribution is 5.06. The van der Waals surface area contributed by atoms with Crippen LogP contribution in [0, 0.1) is 0 Å². The molecule has 1 atom stereocenters. The van der Waals surface area contributed by atoms with Gasteiger partial charge in [-0.25, -0.2) is 9.97 Å². The predicted octanol–water partition coefficient (Wildman–Crippen LogP) is 5.74. The van der Waals surface area contributed by atoms with Crippen LogP contribution in [0.5, 0.6) is 0 Å². The first kappa shape index (κ1) is 20.0. The van der Waals surface area contributed by atoms with Gasteiger partial charge in [0.2, 0.25) is 0 Å². The van der Waals surface area contributed by atoms with E-state index in [4.69, 9.17) is 0 Å². The third-order valence-corrected chi connectivity index (χ3v) is 4.56. The van der Waals surface area contributed by atoms with Crippen molar-refractivity contribution in [3.63, 3.8) is 0 Å². The Kier molecular flexibility index (Phi) is 8.67. The first-order valence-corrected chi connectivity index (χ1v) is 9.58. The molecule has 26 heavy (non-hydrogen) atoms. The van der Waals surface area contributed by atoms with Crippen molar-refractivity contribution in [1.29, 1.82) is 0 Å². The van der Waals surface area contributed by atoms with E-state index in [1.165, 1.54) is 11.1 Å². The van der Waals surface area contributed by atoms with Crippen molar-refractivity contribution in [2.75, 3.05) is 0 Å². The molecular weight excluding hydrogens is 320 g/mol. The molecule has 1 unspecified atom stereocenters. The molecule has 140 valence electrons. The molecular formula is C22H32N4. The minimum Gasteiger partial charge on any atom is -0.334 e. The lowest BCUT2D eigenvalue weighted by atomic mass is 10.0. The van der Waals surface area contributed by atoms with E-state index in [0.29, 0.717) is 6.04 Å². The lowest BCUT2D eigenvalue weighted by Gasteiger charge is -2.17. The van der Waals surface area contributed by atoms with Gasteiger partial charge in [-0.1, -0.05) is 42.4 Å². The van der Waals surface area contributed by atoms with Crippen molar-refractivity contribution in [3.8, 4) is 0 Å². The smallest absolute Gasteiger partial charge is 0.0948 e. The summed E-state index contributed by atoms with van der Waals surface area (Å²) in [5.41, 5.74) is 2.88. The fourth-order valence-corrected chi connectivity index (χ4v) is 2.98. The fraction of sp³-hybridized carbons (Fsp3) is 0.455. The Balaban J connectivity index is 1.82. The van der Waals surface area contributed by atoms with Gasteiger partial charge in [0.05, 0.1) is 12.7 Å². The van der Waals surface area contributed by atoms with E-state index >= 15 is 0 Å². The summed E-state index contributed by atoms with van der Waals surface area (Å²) in [5, 5.41) is 0. The average Bonchev–Trinajstić information content (AvgIpc) is 3.33.